The molecule has 4 aromatic carbocycles. The standard InChI is InChI=1S/C24H22/c1-2-3-10-18-14-9-15-21-17-20-13-7-8-16-22(20)24(23(18)21)19-11-5-4-6-12-19/h4-9,11-17H,2-3,10H2,1H3. The fraction of sp³-hybridized carbons (Fsp3) is 0.167. The van der Waals surface area contributed by atoms with Crippen molar-refractivity contribution in [2.45, 2.75) is 26.2 Å². The average molecular weight is 310 g/mol. The Bertz CT molecular complexity index is 981. The van der Waals surface area contributed by atoms with E-state index in [4.69, 9.17) is 0 Å². The smallest absolute Gasteiger partial charge is 0.00240 e. The zero-order valence-electron chi connectivity index (χ0n) is 14.1. The Balaban J connectivity index is 2.13. The second kappa shape index (κ2) is 6.49. The minimum Gasteiger partial charge on any atom is -0.0654 e. The highest BCUT2D eigenvalue weighted by Gasteiger charge is 2.12. The van der Waals surface area contributed by atoms with E-state index in [-0.39, 0.29) is 0 Å². The molecule has 0 aliphatic heterocycles. The van der Waals surface area contributed by atoms with Crippen LogP contribution in [0.3, 0.4) is 0 Å². The largest absolute Gasteiger partial charge is 0.0654 e. The molecule has 24 heavy (non-hydrogen) atoms. The van der Waals surface area contributed by atoms with Crippen molar-refractivity contribution < 1.29 is 0 Å². The number of rotatable bonds is 4. The fourth-order valence-corrected chi connectivity index (χ4v) is 3.68. The van der Waals surface area contributed by atoms with Crippen molar-refractivity contribution >= 4 is 21.5 Å². The molecule has 0 N–H and O–H groups in total. The Morgan fingerprint density at radius 3 is 2.29 bits per heavy atom. The van der Waals surface area contributed by atoms with Gasteiger partial charge in [0.25, 0.3) is 0 Å². The first-order valence-corrected chi connectivity index (χ1v) is 8.87. The lowest BCUT2D eigenvalue weighted by Crippen LogP contribution is -1.92. The van der Waals surface area contributed by atoms with Crippen LogP contribution in [0.25, 0.3) is 32.7 Å². The summed E-state index contributed by atoms with van der Waals surface area (Å²) in [7, 11) is 0. The maximum absolute atomic E-state index is 2.34. The van der Waals surface area contributed by atoms with Crippen LogP contribution in [0, 0.1) is 0 Å². The molecular weight excluding hydrogens is 288 g/mol. The summed E-state index contributed by atoms with van der Waals surface area (Å²) < 4.78 is 0. The quantitative estimate of drug-likeness (QED) is 0.356. The minimum atomic E-state index is 1.14. The molecular formula is C24H22. The van der Waals surface area contributed by atoms with Crippen molar-refractivity contribution in [1.82, 2.24) is 0 Å². The van der Waals surface area contributed by atoms with E-state index in [9.17, 15) is 0 Å². The van der Waals surface area contributed by atoms with Crippen LogP contribution >= 0.6 is 0 Å². The highest BCUT2D eigenvalue weighted by molar-refractivity contribution is 6.13. The molecule has 0 amide bonds. The molecule has 0 fully saturated rings. The molecule has 0 radical (unpaired) electrons. The monoisotopic (exact) mass is 310 g/mol. The maximum Gasteiger partial charge on any atom is -0.00240 e. The van der Waals surface area contributed by atoms with Crippen LogP contribution < -0.4 is 0 Å². The van der Waals surface area contributed by atoms with E-state index in [1.54, 1.807) is 0 Å². The van der Waals surface area contributed by atoms with Crippen LogP contribution in [-0.2, 0) is 6.42 Å². The van der Waals surface area contributed by atoms with Crippen molar-refractivity contribution in [3.63, 3.8) is 0 Å². The third kappa shape index (κ3) is 2.59. The van der Waals surface area contributed by atoms with Crippen molar-refractivity contribution in [3.8, 4) is 11.1 Å². The highest BCUT2D eigenvalue weighted by atomic mass is 14.2. The van der Waals surface area contributed by atoms with E-state index in [2.05, 4.69) is 85.8 Å². The van der Waals surface area contributed by atoms with Crippen LogP contribution in [0.5, 0.6) is 0 Å². The molecule has 0 bridgehead atoms. The third-order valence-electron chi connectivity index (χ3n) is 4.84. The van der Waals surface area contributed by atoms with E-state index in [0.29, 0.717) is 0 Å². The summed E-state index contributed by atoms with van der Waals surface area (Å²) in [6.45, 7) is 2.26. The van der Waals surface area contributed by atoms with Gasteiger partial charge >= 0.3 is 0 Å². The lowest BCUT2D eigenvalue weighted by atomic mass is 9.88. The van der Waals surface area contributed by atoms with Crippen LogP contribution in [0.15, 0.2) is 78.9 Å². The molecule has 0 saturated heterocycles. The van der Waals surface area contributed by atoms with E-state index >= 15 is 0 Å². The molecule has 0 atom stereocenters. The number of aryl methyl sites for hydroxylation is 1. The zero-order chi connectivity index (χ0) is 16.4. The zero-order valence-corrected chi connectivity index (χ0v) is 14.1. The van der Waals surface area contributed by atoms with Crippen molar-refractivity contribution in [2.24, 2.45) is 0 Å². The van der Waals surface area contributed by atoms with Crippen molar-refractivity contribution in [3.05, 3.63) is 84.4 Å². The Morgan fingerprint density at radius 2 is 1.46 bits per heavy atom. The summed E-state index contributed by atoms with van der Waals surface area (Å²) in [5.41, 5.74) is 4.16. The first-order chi connectivity index (χ1) is 11.9. The third-order valence-corrected chi connectivity index (χ3v) is 4.84. The predicted octanol–water partition coefficient (Wildman–Crippen LogP) is 7.00. The number of hydrogen-bond acceptors (Lipinski definition) is 0. The number of unbranched alkanes of at least 4 members (excludes halogenated alkanes) is 1. The first-order valence-electron chi connectivity index (χ1n) is 8.87. The molecule has 0 heteroatoms. The van der Waals surface area contributed by atoms with Gasteiger partial charge in [0.05, 0.1) is 0 Å². The van der Waals surface area contributed by atoms with Gasteiger partial charge in [0.15, 0.2) is 0 Å². The van der Waals surface area contributed by atoms with Gasteiger partial charge in [0, 0.05) is 0 Å². The van der Waals surface area contributed by atoms with Gasteiger partial charge in [-0.1, -0.05) is 86.1 Å². The average Bonchev–Trinajstić information content (AvgIpc) is 2.65. The minimum absolute atomic E-state index is 1.14. The second-order valence-corrected chi connectivity index (χ2v) is 6.46. The topological polar surface area (TPSA) is 0 Å². The summed E-state index contributed by atoms with van der Waals surface area (Å²) in [5.74, 6) is 0. The molecule has 118 valence electrons. The maximum atomic E-state index is 2.34. The summed E-state index contributed by atoms with van der Waals surface area (Å²) in [5, 5.41) is 5.44. The fourth-order valence-electron chi connectivity index (χ4n) is 3.68. The van der Waals surface area contributed by atoms with E-state index < -0.39 is 0 Å². The van der Waals surface area contributed by atoms with Crippen LogP contribution in [-0.4, -0.2) is 0 Å². The van der Waals surface area contributed by atoms with Gasteiger partial charge in [-0.3, -0.25) is 0 Å². The van der Waals surface area contributed by atoms with Crippen molar-refractivity contribution in [2.75, 3.05) is 0 Å². The van der Waals surface area contributed by atoms with E-state index in [1.165, 1.54) is 51.1 Å². The highest BCUT2D eigenvalue weighted by Crippen LogP contribution is 2.38. The van der Waals surface area contributed by atoms with Gasteiger partial charge in [-0.05, 0) is 57.1 Å². The molecule has 0 heterocycles. The normalized spacial score (nSPS) is 11.2. The Kier molecular flexibility index (Phi) is 4.04. The summed E-state index contributed by atoms with van der Waals surface area (Å²) in [6.07, 6.45) is 3.61. The van der Waals surface area contributed by atoms with Gasteiger partial charge in [-0.2, -0.15) is 0 Å². The van der Waals surface area contributed by atoms with Gasteiger partial charge in [-0.15, -0.1) is 0 Å². The molecule has 0 nitrogen and oxygen atoms in total. The molecule has 0 aromatic heterocycles. The van der Waals surface area contributed by atoms with Gasteiger partial charge in [-0.25, -0.2) is 0 Å². The lowest BCUT2D eigenvalue weighted by Gasteiger charge is -2.15. The molecule has 0 saturated carbocycles. The first kappa shape index (κ1) is 15.0. The van der Waals surface area contributed by atoms with E-state index in [1.807, 2.05) is 0 Å². The second-order valence-electron chi connectivity index (χ2n) is 6.46. The lowest BCUT2D eigenvalue weighted by molar-refractivity contribution is 0.799. The van der Waals surface area contributed by atoms with Gasteiger partial charge < -0.3 is 0 Å². The molecule has 0 aliphatic carbocycles. The van der Waals surface area contributed by atoms with Crippen LogP contribution in [0.1, 0.15) is 25.3 Å². The Morgan fingerprint density at radius 1 is 0.708 bits per heavy atom. The SMILES string of the molecule is CCCCc1cccc2cc3ccccc3c(-c3ccccc3)c12. The number of benzene rings is 4. The summed E-state index contributed by atoms with van der Waals surface area (Å²) in [4.78, 5) is 0. The Hall–Kier alpha value is -2.60. The molecule has 4 aromatic rings. The predicted molar refractivity (Wildman–Crippen MR) is 106 cm³/mol. The molecule has 4 rings (SSSR count). The van der Waals surface area contributed by atoms with Crippen molar-refractivity contribution in [1.29, 1.82) is 0 Å². The number of fused-ring (bicyclic) bond motifs is 2. The number of hydrogen-bond donors (Lipinski definition) is 0. The van der Waals surface area contributed by atoms with E-state index in [0.717, 1.165) is 6.42 Å². The molecule has 0 spiro atoms. The molecule has 0 aliphatic rings. The summed E-state index contributed by atoms with van der Waals surface area (Å²) >= 11 is 0. The van der Waals surface area contributed by atoms with Crippen LogP contribution in [0.4, 0.5) is 0 Å². The summed E-state index contributed by atoms with van der Waals surface area (Å²) in [6, 6.07) is 28.7. The van der Waals surface area contributed by atoms with Gasteiger partial charge in [0.1, 0.15) is 0 Å². The molecule has 0 unspecified atom stereocenters. The van der Waals surface area contributed by atoms with Gasteiger partial charge in [0.2, 0.25) is 0 Å². The van der Waals surface area contributed by atoms with Crippen LogP contribution in [0.2, 0.25) is 0 Å². The Labute approximate surface area is 143 Å².